The van der Waals surface area contributed by atoms with Crippen LogP contribution in [0.2, 0.25) is 5.02 Å². The number of benzene rings is 2. The van der Waals surface area contributed by atoms with E-state index in [0.717, 1.165) is 31.1 Å². The minimum atomic E-state index is -0.262. The summed E-state index contributed by atoms with van der Waals surface area (Å²) in [6, 6.07) is 12.7. The summed E-state index contributed by atoms with van der Waals surface area (Å²) in [7, 11) is 0. The zero-order valence-corrected chi connectivity index (χ0v) is 19.9. The maximum absolute atomic E-state index is 12.8. The number of rotatable bonds is 6. The quantitative estimate of drug-likeness (QED) is 0.558. The number of nitrogens with zero attached hydrogens (tertiary/aromatic N) is 3. The van der Waals surface area contributed by atoms with Gasteiger partial charge in [0.25, 0.3) is 5.91 Å². The van der Waals surface area contributed by atoms with Crippen molar-refractivity contribution in [1.82, 2.24) is 14.8 Å². The molecule has 34 heavy (non-hydrogen) atoms. The van der Waals surface area contributed by atoms with Gasteiger partial charge in [-0.05, 0) is 42.0 Å². The first-order chi connectivity index (χ1) is 16.5. The van der Waals surface area contributed by atoms with Crippen molar-refractivity contribution in [2.45, 2.75) is 13.0 Å². The molecule has 10 heteroatoms. The van der Waals surface area contributed by atoms with E-state index in [1.165, 1.54) is 16.9 Å². The molecule has 2 aromatic carbocycles. The fraction of sp³-hybridized carbons (Fsp3) is 0.292. The first-order valence-corrected chi connectivity index (χ1v) is 12.2. The van der Waals surface area contributed by atoms with Gasteiger partial charge in [-0.15, -0.1) is 11.3 Å². The highest BCUT2D eigenvalue weighted by molar-refractivity contribution is 7.14. The van der Waals surface area contributed by atoms with E-state index in [-0.39, 0.29) is 25.0 Å². The summed E-state index contributed by atoms with van der Waals surface area (Å²) in [4.78, 5) is 33.7. The number of amides is 2. The topological polar surface area (TPSA) is 84.0 Å². The molecule has 2 aliphatic rings. The Morgan fingerprint density at radius 1 is 1.03 bits per heavy atom. The van der Waals surface area contributed by atoms with Crippen molar-refractivity contribution in [3.8, 4) is 11.5 Å². The number of carbonyl (C=O) groups excluding carboxylic acids is 2. The molecule has 0 unspecified atom stereocenters. The van der Waals surface area contributed by atoms with Gasteiger partial charge in [0.15, 0.2) is 16.6 Å². The van der Waals surface area contributed by atoms with Crippen molar-refractivity contribution in [2.75, 3.05) is 38.3 Å². The predicted octanol–water partition coefficient (Wildman–Crippen LogP) is 3.66. The lowest BCUT2D eigenvalue weighted by atomic mass is 10.1. The molecular formula is C24H23ClN4O4S. The second kappa shape index (κ2) is 10.0. The van der Waals surface area contributed by atoms with Crippen molar-refractivity contribution in [3.63, 3.8) is 0 Å². The van der Waals surface area contributed by atoms with Crippen LogP contribution in [-0.2, 0) is 17.8 Å². The second-order valence-electron chi connectivity index (χ2n) is 8.13. The van der Waals surface area contributed by atoms with E-state index < -0.39 is 0 Å². The molecule has 1 saturated heterocycles. The highest BCUT2D eigenvalue weighted by atomic mass is 35.5. The summed E-state index contributed by atoms with van der Waals surface area (Å²) < 4.78 is 10.8. The molecule has 1 N–H and O–H groups in total. The molecule has 1 fully saturated rings. The number of nitrogens with one attached hydrogen (secondary N) is 1. The van der Waals surface area contributed by atoms with Crippen LogP contribution in [0, 0.1) is 0 Å². The van der Waals surface area contributed by atoms with Gasteiger partial charge < -0.3 is 14.4 Å². The van der Waals surface area contributed by atoms with Crippen molar-refractivity contribution >= 4 is 39.9 Å². The van der Waals surface area contributed by atoms with E-state index in [4.69, 9.17) is 21.1 Å². The SMILES string of the molecule is O=C(Nc1nc(CC(=O)N2CCN(Cc3ccc4c(c3)OCO4)CC2)cs1)c1ccc(Cl)cc1. The molecular weight excluding hydrogens is 476 g/mol. The highest BCUT2D eigenvalue weighted by Gasteiger charge is 2.23. The van der Waals surface area contributed by atoms with Crippen LogP contribution in [0.15, 0.2) is 47.8 Å². The third kappa shape index (κ3) is 5.32. The molecule has 1 aromatic heterocycles. The molecule has 0 radical (unpaired) electrons. The van der Waals surface area contributed by atoms with Crippen LogP contribution in [0.4, 0.5) is 5.13 Å². The van der Waals surface area contributed by atoms with Crippen LogP contribution in [0.3, 0.4) is 0 Å². The minimum absolute atomic E-state index is 0.0450. The fourth-order valence-electron chi connectivity index (χ4n) is 3.94. The Kier molecular flexibility index (Phi) is 6.66. The minimum Gasteiger partial charge on any atom is -0.454 e. The van der Waals surface area contributed by atoms with Crippen molar-refractivity contribution in [3.05, 3.63) is 69.7 Å². The van der Waals surface area contributed by atoms with E-state index in [1.54, 1.807) is 24.3 Å². The Bertz CT molecular complexity index is 1190. The van der Waals surface area contributed by atoms with Gasteiger partial charge >= 0.3 is 0 Å². The Morgan fingerprint density at radius 2 is 1.79 bits per heavy atom. The van der Waals surface area contributed by atoms with Crippen LogP contribution in [0.1, 0.15) is 21.6 Å². The van der Waals surface area contributed by atoms with Crippen LogP contribution in [0.25, 0.3) is 0 Å². The summed E-state index contributed by atoms with van der Waals surface area (Å²) >= 11 is 7.17. The lowest BCUT2D eigenvalue weighted by Crippen LogP contribution is -2.48. The van der Waals surface area contributed by atoms with Gasteiger partial charge in [0.05, 0.1) is 12.1 Å². The average Bonchev–Trinajstić information content (AvgIpc) is 3.49. The van der Waals surface area contributed by atoms with Gasteiger partial charge in [0, 0.05) is 48.7 Å². The zero-order valence-electron chi connectivity index (χ0n) is 18.3. The van der Waals surface area contributed by atoms with Gasteiger partial charge in [-0.25, -0.2) is 4.98 Å². The van der Waals surface area contributed by atoms with Crippen LogP contribution in [0.5, 0.6) is 11.5 Å². The molecule has 3 heterocycles. The standard InChI is InChI=1S/C24H23ClN4O4S/c25-18-4-2-17(3-5-18)23(31)27-24-26-19(14-34-24)12-22(30)29-9-7-28(8-10-29)13-16-1-6-20-21(11-16)33-15-32-20/h1-6,11,14H,7-10,12-13,15H2,(H,26,27,31). The van der Waals surface area contributed by atoms with Crippen LogP contribution in [-0.4, -0.2) is 59.6 Å². The van der Waals surface area contributed by atoms with E-state index in [1.807, 2.05) is 22.4 Å². The molecule has 0 bridgehead atoms. The first-order valence-electron chi connectivity index (χ1n) is 10.9. The summed E-state index contributed by atoms with van der Waals surface area (Å²) in [6.45, 7) is 4.04. The second-order valence-corrected chi connectivity index (χ2v) is 9.42. The van der Waals surface area contributed by atoms with Crippen molar-refractivity contribution in [2.24, 2.45) is 0 Å². The molecule has 2 amide bonds. The maximum Gasteiger partial charge on any atom is 0.257 e. The van der Waals surface area contributed by atoms with Crippen LogP contribution >= 0.6 is 22.9 Å². The molecule has 8 nitrogen and oxygen atoms in total. The summed E-state index contributed by atoms with van der Waals surface area (Å²) in [5, 5.41) is 5.62. The number of fused-ring (bicyclic) bond motifs is 1. The number of aromatic nitrogens is 1. The number of hydrogen-bond donors (Lipinski definition) is 1. The number of thiazole rings is 1. The molecule has 0 atom stereocenters. The maximum atomic E-state index is 12.8. The van der Waals surface area contributed by atoms with Crippen molar-refractivity contribution in [1.29, 1.82) is 0 Å². The lowest BCUT2D eigenvalue weighted by molar-refractivity contribution is -0.132. The molecule has 176 valence electrons. The largest absolute Gasteiger partial charge is 0.454 e. The van der Waals surface area contributed by atoms with Gasteiger partial charge in [-0.3, -0.25) is 19.8 Å². The van der Waals surface area contributed by atoms with Crippen molar-refractivity contribution < 1.29 is 19.1 Å². The van der Waals surface area contributed by atoms with Gasteiger partial charge in [0.1, 0.15) is 0 Å². The van der Waals surface area contributed by atoms with E-state index >= 15 is 0 Å². The number of anilines is 1. The van der Waals surface area contributed by atoms with Crippen LogP contribution < -0.4 is 14.8 Å². The van der Waals surface area contributed by atoms with Gasteiger partial charge in [0.2, 0.25) is 12.7 Å². The first kappa shape index (κ1) is 22.6. The lowest BCUT2D eigenvalue weighted by Gasteiger charge is -2.34. The third-order valence-electron chi connectivity index (χ3n) is 5.78. The van der Waals surface area contributed by atoms with Gasteiger partial charge in [-0.1, -0.05) is 17.7 Å². The number of ether oxygens (including phenoxy) is 2. The van der Waals surface area contributed by atoms with E-state index in [2.05, 4.69) is 21.3 Å². The zero-order chi connectivity index (χ0) is 23.5. The summed E-state index contributed by atoms with van der Waals surface area (Å²) in [6.07, 6.45) is 0.218. The number of piperazine rings is 1. The predicted molar refractivity (Wildman–Crippen MR) is 130 cm³/mol. The number of carbonyl (C=O) groups is 2. The molecule has 0 spiro atoms. The molecule has 0 saturated carbocycles. The number of hydrogen-bond acceptors (Lipinski definition) is 7. The highest BCUT2D eigenvalue weighted by Crippen LogP contribution is 2.32. The molecule has 2 aliphatic heterocycles. The Morgan fingerprint density at radius 3 is 2.59 bits per heavy atom. The smallest absolute Gasteiger partial charge is 0.257 e. The fourth-order valence-corrected chi connectivity index (χ4v) is 4.77. The van der Waals surface area contributed by atoms with E-state index in [9.17, 15) is 9.59 Å². The Hall–Kier alpha value is -3.14. The summed E-state index contributed by atoms with van der Waals surface area (Å²) in [5.41, 5.74) is 2.32. The van der Waals surface area contributed by atoms with Gasteiger partial charge in [-0.2, -0.15) is 0 Å². The Balaban J connectivity index is 1.09. The third-order valence-corrected chi connectivity index (χ3v) is 6.84. The van der Waals surface area contributed by atoms with E-state index in [0.29, 0.717) is 34.5 Å². The summed E-state index contributed by atoms with van der Waals surface area (Å²) in [5.74, 6) is 1.36. The molecule has 0 aliphatic carbocycles. The Labute approximate surface area is 206 Å². The monoisotopic (exact) mass is 498 g/mol. The molecule has 3 aromatic rings. The number of halogens is 1. The average molecular weight is 499 g/mol. The molecule has 5 rings (SSSR count). The normalized spacial score (nSPS) is 15.4.